The normalized spacial score (nSPS) is 20.4. The van der Waals surface area contributed by atoms with E-state index in [-0.39, 0.29) is 35.3 Å². The van der Waals surface area contributed by atoms with Crippen LogP contribution in [0, 0.1) is 11.3 Å². The molecule has 3 aliphatic heterocycles. The highest BCUT2D eigenvalue weighted by atomic mass is 32.2. The van der Waals surface area contributed by atoms with E-state index in [2.05, 4.69) is 10.2 Å². The van der Waals surface area contributed by atoms with E-state index >= 15 is 0 Å². The number of aromatic carboxylic acids is 1. The van der Waals surface area contributed by atoms with E-state index in [1.807, 2.05) is 0 Å². The van der Waals surface area contributed by atoms with Crippen LogP contribution in [0.1, 0.15) is 29.6 Å². The molecule has 0 saturated carbocycles. The van der Waals surface area contributed by atoms with Crippen LogP contribution >= 0.6 is 0 Å². The summed E-state index contributed by atoms with van der Waals surface area (Å²) in [6, 6.07) is 5.03. The van der Waals surface area contributed by atoms with Gasteiger partial charge < -0.3 is 36.2 Å². The number of carboxylic acids is 3. The molecule has 292 valence electrons. The zero-order valence-electron chi connectivity index (χ0n) is 27.4. The number of guanidine groups is 1. The zero-order chi connectivity index (χ0) is 39.8. The van der Waals surface area contributed by atoms with Crippen molar-refractivity contribution in [2.24, 2.45) is 11.7 Å². The Labute approximate surface area is 292 Å². The molecule has 3 heterocycles. The average molecular weight is 778 g/mol. The lowest BCUT2D eigenvalue weighted by molar-refractivity contribution is -0.193. The average Bonchev–Trinajstić information content (AvgIpc) is 3.50. The lowest BCUT2D eigenvalue weighted by Crippen LogP contribution is -2.52. The first-order chi connectivity index (χ1) is 23.8. The Hall–Kier alpha value is -4.71. The monoisotopic (exact) mass is 777 g/mol. The summed E-state index contributed by atoms with van der Waals surface area (Å²) in [7, 11) is -3.28. The maximum absolute atomic E-state index is 13.6. The fourth-order valence-corrected chi connectivity index (χ4v) is 6.32. The Balaban J connectivity index is 0.000000564. The minimum absolute atomic E-state index is 0.0171. The van der Waals surface area contributed by atoms with Crippen LogP contribution in [-0.4, -0.2) is 155 Å². The Kier molecular flexibility index (Phi) is 14.8. The summed E-state index contributed by atoms with van der Waals surface area (Å²) in [5.74, 6) is -7.33. The maximum atomic E-state index is 13.6. The van der Waals surface area contributed by atoms with Crippen LogP contribution in [0.4, 0.5) is 32.0 Å². The largest absolute Gasteiger partial charge is 0.490 e. The van der Waals surface area contributed by atoms with Crippen molar-refractivity contribution in [2.45, 2.75) is 43.7 Å². The minimum Gasteiger partial charge on any atom is -0.478 e. The highest BCUT2D eigenvalue weighted by Crippen LogP contribution is 2.29. The number of carbonyl (C=O) groups is 5. The molecule has 3 fully saturated rings. The third-order valence-electron chi connectivity index (χ3n) is 8.19. The third kappa shape index (κ3) is 12.8. The van der Waals surface area contributed by atoms with E-state index in [0.717, 1.165) is 0 Å². The number of alkyl halides is 6. The summed E-state index contributed by atoms with van der Waals surface area (Å²) < 4.78 is 88.7. The van der Waals surface area contributed by atoms with Gasteiger partial charge >= 0.3 is 30.3 Å². The maximum Gasteiger partial charge on any atom is 0.490 e. The van der Waals surface area contributed by atoms with E-state index < -0.39 is 46.3 Å². The van der Waals surface area contributed by atoms with Gasteiger partial charge in [-0.15, -0.1) is 0 Å². The summed E-state index contributed by atoms with van der Waals surface area (Å²) in [6.07, 6.45) is -7.48. The highest BCUT2D eigenvalue weighted by molar-refractivity contribution is 7.88. The number of nitrogens with zero attached hydrogens (tertiary/aromatic N) is 4. The molecule has 7 N–H and O–H groups in total. The van der Waals surface area contributed by atoms with Gasteiger partial charge in [-0.05, 0) is 43.5 Å². The van der Waals surface area contributed by atoms with Gasteiger partial charge in [-0.3, -0.25) is 19.9 Å². The number of piperazine rings is 1. The summed E-state index contributed by atoms with van der Waals surface area (Å²) in [4.78, 5) is 61.5. The van der Waals surface area contributed by atoms with Gasteiger partial charge in [-0.2, -0.15) is 30.6 Å². The molecule has 17 nitrogen and oxygen atoms in total. The highest BCUT2D eigenvalue weighted by Gasteiger charge is 2.45. The molecular formula is C28H37F6N7O10S. The molecule has 2 amide bonds. The van der Waals surface area contributed by atoms with Crippen LogP contribution in [-0.2, 0) is 29.2 Å². The van der Waals surface area contributed by atoms with E-state index in [1.165, 1.54) is 34.8 Å². The number of hydrogen-bond donors (Lipinski definition) is 6. The fraction of sp³-hybridized carbons (Fsp3) is 0.571. The molecule has 1 aromatic carbocycles. The molecule has 4 rings (SSSR count). The third-order valence-corrected chi connectivity index (χ3v) is 9.50. The predicted molar refractivity (Wildman–Crippen MR) is 168 cm³/mol. The van der Waals surface area contributed by atoms with Gasteiger partial charge in [0.05, 0.1) is 11.8 Å². The fourth-order valence-electron chi connectivity index (χ4n) is 5.49. The van der Waals surface area contributed by atoms with Crippen molar-refractivity contribution in [3.05, 3.63) is 29.8 Å². The van der Waals surface area contributed by atoms with Crippen molar-refractivity contribution < 1.29 is 74.1 Å². The topological polar surface area (TPSA) is 255 Å². The number of amides is 2. The van der Waals surface area contributed by atoms with Gasteiger partial charge in [-0.1, -0.05) is 0 Å². The number of sulfonamides is 1. The second kappa shape index (κ2) is 17.7. The lowest BCUT2D eigenvalue weighted by atomic mass is 9.95. The molecule has 0 bridgehead atoms. The predicted octanol–water partition coefficient (Wildman–Crippen LogP) is 0.742. The smallest absolute Gasteiger partial charge is 0.478 e. The van der Waals surface area contributed by atoms with Crippen molar-refractivity contribution in [2.75, 3.05) is 57.4 Å². The Morgan fingerprint density at radius 1 is 0.846 bits per heavy atom. The first kappa shape index (κ1) is 43.5. The van der Waals surface area contributed by atoms with E-state index in [4.69, 9.17) is 36.1 Å². The Morgan fingerprint density at radius 3 is 1.69 bits per heavy atom. The molecule has 52 heavy (non-hydrogen) atoms. The number of nitrogens with one attached hydrogen (secondary N) is 2. The molecule has 1 aromatic rings. The van der Waals surface area contributed by atoms with Crippen LogP contribution in [0.3, 0.4) is 0 Å². The second-order valence-electron chi connectivity index (χ2n) is 11.7. The van der Waals surface area contributed by atoms with Crippen LogP contribution in [0.2, 0.25) is 0 Å². The molecule has 0 aromatic heterocycles. The van der Waals surface area contributed by atoms with Crippen LogP contribution in [0.5, 0.6) is 0 Å². The summed E-state index contributed by atoms with van der Waals surface area (Å²) >= 11 is 0. The number of hydrogen-bond acceptors (Lipinski definition) is 9. The standard InChI is InChI=1S/C24H35N7O6S.2C2HF3O2/c1-38(36,37)30-12-10-28(11-13-30)19-14-20(21(32)27-18-4-2-17(3-5-18)23(34)35)31(15-19)22(33)16-6-8-29(9-7-16)24(25)26;2*3-2(4,5)1(6)7/h2-5,16,19-20H,6-15H2,1H3,(H3,25,26)(H,27,32)(H,34,35);2*(H,6,7)/t19-,20-;;/m0../s1. The van der Waals surface area contributed by atoms with Gasteiger partial charge in [0, 0.05) is 63.5 Å². The minimum atomic E-state index is -5.08. The molecular weight excluding hydrogens is 740 g/mol. The quantitative estimate of drug-likeness (QED) is 0.133. The number of likely N-dealkylation sites (tertiary alicyclic amines) is 2. The lowest BCUT2D eigenvalue weighted by Gasteiger charge is -2.37. The van der Waals surface area contributed by atoms with Crippen molar-refractivity contribution in [3.8, 4) is 0 Å². The van der Waals surface area contributed by atoms with Gasteiger partial charge in [0.15, 0.2) is 5.96 Å². The second-order valence-corrected chi connectivity index (χ2v) is 13.7. The van der Waals surface area contributed by atoms with Crippen LogP contribution in [0.25, 0.3) is 0 Å². The summed E-state index contributed by atoms with van der Waals surface area (Å²) in [5, 5.41) is 33.8. The van der Waals surface area contributed by atoms with Gasteiger partial charge in [-0.25, -0.2) is 22.8 Å². The molecule has 24 heteroatoms. The summed E-state index contributed by atoms with van der Waals surface area (Å²) in [5.41, 5.74) is 6.13. The van der Waals surface area contributed by atoms with Crippen LogP contribution in [0.15, 0.2) is 24.3 Å². The molecule has 3 aliphatic rings. The van der Waals surface area contributed by atoms with E-state index in [1.54, 1.807) is 9.80 Å². The number of carboxylic acid groups (broad SMARTS) is 3. The van der Waals surface area contributed by atoms with Gasteiger partial charge in [0.2, 0.25) is 21.8 Å². The van der Waals surface area contributed by atoms with E-state index in [0.29, 0.717) is 70.8 Å². The summed E-state index contributed by atoms with van der Waals surface area (Å²) in [6.45, 7) is 3.12. The van der Waals surface area contributed by atoms with Gasteiger partial charge in [0.1, 0.15) is 6.04 Å². The first-order valence-corrected chi connectivity index (χ1v) is 17.0. The Bertz CT molecular complexity index is 1550. The number of nitrogens with two attached hydrogens (primary N) is 1. The number of anilines is 1. The molecule has 0 unspecified atom stereocenters. The number of rotatable bonds is 6. The zero-order valence-corrected chi connectivity index (χ0v) is 28.2. The first-order valence-electron chi connectivity index (χ1n) is 15.2. The number of aliphatic carboxylic acids is 2. The number of halogens is 6. The molecule has 0 aliphatic carbocycles. The van der Waals surface area contributed by atoms with Crippen molar-refractivity contribution >= 4 is 51.4 Å². The number of benzene rings is 1. The number of carbonyl (C=O) groups excluding carboxylic acids is 2. The molecule has 0 spiro atoms. The number of piperidine rings is 1. The molecule has 2 atom stereocenters. The van der Waals surface area contributed by atoms with Crippen molar-refractivity contribution in [3.63, 3.8) is 0 Å². The van der Waals surface area contributed by atoms with Crippen molar-refractivity contribution in [1.29, 1.82) is 5.41 Å². The van der Waals surface area contributed by atoms with E-state index in [9.17, 15) is 49.1 Å². The molecule has 3 saturated heterocycles. The van der Waals surface area contributed by atoms with Gasteiger partial charge in [0.25, 0.3) is 0 Å². The SMILES string of the molecule is CS(=O)(=O)N1CCN([C@H]2C[C@@H](C(=O)Nc3ccc(C(=O)O)cc3)N(C(=O)C3CCN(C(=N)N)CC3)C2)CC1.O=C(O)C(F)(F)F.O=C(O)C(F)(F)F. The van der Waals surface area contributed by atoms with Crippen molar-refractivity contribution in [1.82, 2.24) is 19.0 Å². The molecule has 0 radical (unpaired) electrons. The van der Waals surface area contributed by atoms with Crippen LogP contribution < -0.4 is 11.1 Å². The Morgan fingerprint density at radius 2 is 1.31 bits per heavy atom.